The summed E-state index contributed by atoms with van der Waals surface area (Å²) in [6.07, 6.45) is 26.7. The van der Waals surface area contributed by atoms with Crippen molar-refractivity contribution in [3.8, 4) is 22.8 Å². The third-order valence-corrected chi connectivity index (χ3v) is 17.7. The number of aryl methyl sites for hydroxylation is 2. The summed E-state index contributed by atoms with van der Waals surface area (Å²) in [4.78, 5) is 58.8. The molecule has 0 aliphatic heterocycles. The number of carbonyl (C=O) groups excluding carboxylic acids is 4. The highest BCUT2D eigenvalue weighted by molar-refractivity contribution is 7.85. The molecule has 0 bridgehead atoms. The number of hydrogen-bond donors (Lipinski definition) is 6. The van der Waals surface area contributed by atoms with Gasteiger partial charge in [0.25, 0.3) is 0 Å². The van der Waals surface area contributed by atoms with Crippen molar-refractivity contribution in [2.24, 2.45) is 5.92 Å². The first-order valence-electron chi connectivity index (χ1n) is 32.4. The second kappa shape index (κ2) is 37.0. The second-order valence-electron chi connectivity index (χ2n) is 25.6. The van der Waals surface area contributed by atoms with Crippen molar-refractivity contribution >= 4 is 98.0 Å². The van der Waals surface area contributed by atoms with Gasteiger partial charge in [0.2, 0.25) is 5.91 Å². The van der Waals surface area contributed by atoms with E-state index in [2.05, 4.69) is 81.3 Å². The van der Waals surface area contributed by atoms with Crippen molar-refractivity contribution in [2.75, 3.05) is 47.2 Å². The molecular formula is C66H101Cl3N12O7S. The molecule has 4 heterocycles. The van der Waals surface area contributed by atoms with Crippen molar-refractivity contribution in [2.45, 2.75) is 235 Å². The maximum absolute atomic E-state index is 12.6. The van der Waals surface area contributed by atoms with Crippen LogP contribution in [0.2, 0.25) is 15.1 Å². The molecule has 0 fully saturated rings. The molecule has 494 valence electrons. The Hall–Kier alpha value is -5.70. The Labute approximate surface area is 545 Å². The summed E-state index contributed by atoms with van der Waals surface area (Å²) in [5.41, 5.74) is 6.63. The summed E-state index contributed by atoms with van der Waals surface area (Å²) in [7, 11) is -0.909. The van der Waals surface area contributed by atoms with Crippen LogP contribution in [0.15, 0.2) is 24.3 Å². The van der Waals surface area contributed by atoms with E-state index < -0.39 is 28.8 Å². The van der Waals surface area contributed by atoms with E-state index in [9.17, 15) is 23.4 Å². The van der Waals surface area contributed by atoms with Crippen LogP contribution in [0.25, 0.3) is 34.1 Å². The smallest absolute Gasteiger partial charge is 0.411 e. The van der Waals surface area contributed by atoms with Crippen LogP contribution in [0.3, 0.4) is 0 Å². The number of nitrogens with zero attached hydrogens (tertiary/aromatic N) is 6. The van der Waals surface area contributed by atoms with Crippen molar-refractivity contribution < 1.29 is 32.9 Å². The summed E-state index contributed by atoms with van der Waals surface area (Å²) in [6.45, 7) is 24.3. The first-order valence-corrected chi connectivity index (χ1v) is 35.0. The summed E-state index contributed by atoms with van der Waals surface area (Å²) in [6, 6.07) is 6.52. The highest BCUT2D eigenvalue weighted by atomic mass is 35.5. The third kappa shape index (κ3) is 24.1. The monoisotopic (exact) mass is 1310 g/mol. The SMILES string of the molecule is CCCCCCCCCCCCCCOC(=O)C(C)COC(=O)Nc1cc(Cl)c(-c2nc3c(Cl)c(C(C)(C)C)[nH]n3n2)c(NC(C)=O)c1.CCCCCCCCCCCCS(=O)CCNC(=O)Nc1cc(C)c(-c2nc3c(Cl)c(C(C)(C)C)[nH]n3n2)c(C)c1. The Morgan fingerprint density at radius 2 is 1.04 bits per heavy atom. The van der Waals surface area contributed by atoms with E-state index in [4.69, 9.17) is 49.3 Å². The molecular weight excluding hydrogens is 1210 g/mol. The van der Waals surface area contributed by atoms with E-state index in [1.807, 2.05) is 46.8 Å². The molecule has 0 radical (unpaired) electrons. The lowest BCUT2D eigenvalue weighted by Gasteiger charge is -2.16. The number of fused-ring (bicyclic) bond motifs is 2. The first kappa shape index (κ1) is 74.0. The number of amides is 4. The molecule has 0 aliphatic carbocycles. The number of hydrogen-bond acceptors (Lipinski definition) is 11. The van der Waals surface area contributed by atoms with Gasteiger partial charge in [-0.15, -0.1) is 10.2 Å². The third-order valence-electron chi connectivity index (χ3n) is 15.3. The predicted molar refractivity (Wildman–Crippen MR) is 365 cm³/mol. The van der Waals surface area contributed by atoms with Gasteiger partial charge < -0.3 is 25.4 Å². The van der Waals surface area contributed by atoms with Crippen LogP contribution in [-0.4, -0.2) is 99.1 Å². The normalized spacial score (nSPS) is 12.4. The lowest BCUT2D eigenvalue weighted by Crippen LogP contribution is -2.32. The molecule has 2 atom stereocenters. The molecule has 19 nitrogen and oxygen atoms in total. The Morgan fingerprint density at radius 3 is 1.51 bits per heavy atom. The maximum Gasteiger partial charge on any atom is 0.411 e. The van der Waals surface area contributed by atoms with Gasteiger partial charge in [0, 0.05) is 63.5 Å². The lowest BCUT2D eigenvalue weighted by atomic mass is 9.92. The van der Waals surface area contributed by atoms with E-state index in [0.717, 1.165) is 60.2 Å². The summed E-state index contributed by atoms with van der Waals surface area (Å²) >= 11 is 19.8. The Balaban J connectivity index is 0.000000328. The van der Waals surface area contributed by atoms with E-state index >= 15 is 0 Å². The first-order chi connectivity index (χ1) is 42.3. The van der Waals surface area contributed by atoms with Gasteiger partial charge in [0.1, 0.15) is 16.7 Å². The molecule has 2 aromatic carbocycles. The van der Waals surface area contributed by atoms with Gasteiger partial charge in [0.15, 0.2) is 22.9 Å². The quantitative estimate of drug-likeness (QED) is 0.0161. The minimum absolute atomic E-state index is 0.152. The summed E-state index contributed by atoms with van der Waals surface area (Å²) in [5, 5.41) is 27.8. The van der Waals surface area contributed by atoms with Gasteiger partial charge in [-0.3, -0.25) is 29.3 Å². The van der Waals surface area contributed by atoms with Crippen molar-refractivity contribution in [3.63, 3.8) is 0 Å². The largest absolute Gasteiger partial charge is 0.465 e. The Kier molecular flexibility index (Phi) is 30.8. The molecule has 0 saturated heterocycles. The van der Waals surface area contributed by atoms with Crippen molar-refractivity contribution in [1.29, 1.82) is 0 Å². The average molecular weight is 1310 g/mol. The van der Waals surface area contributed by atoms with E-state index in [-0.39, 0.29) is 51.6 Å². The van der Waals surface area contributed by atoms with Gasteiger partial charge in [-0.2, -0.15) is 9.26 Å². The fourth-order valence-electron chi connectivity index (χ4n) is 10.4. The zero-order chi connectivity index (χ0) is 65.3. The van der Waals surface area contributed by atoms with Gasteiger partial charge in [-0.05, 0) is 69.0 Å². The minimum Gasteiger partial charge on any atom is -0.465 e. The van der Waals surface area contributed by atoms with Crippen LogP contribution >= 0.6 is 34.8 Å². The molecule has 23 heteroatoms. The standard InChI is InChI=1S/C35H52Cl2N6O5.C31H49ClN6O2S/c1-7-8-9-10-11-12-13-14-15-16-17-18-19-47-33(45)23(2)22-48-34(46)39-25-20-26(36)28(27(21-25)38-24(3)44)31-40-32-29(37)30(35(4,5)6)41-43(32)42-31;1-7-8-9-10-11-12-13-14-15-16-18-41(40)19-17-33-30(39)34-24-20-22(2)25(23(3)21-24)28-35-29-26(32)27(31(4,5)6)36-38(29)37-28/h20-21,23,41H,7-19,22H2,1-6H3,(H,38,44)(H,39,46);20-21,36H,7-19H2,1-6H3,(H2,33,34,39). The maximum atomic E-state index is 12.6. The molecule has 4 aromatic heterocycles. The fraction of sp³-hybridized carbons (Fsp3) is 0.636. The fourth-order valence-corrected chi connectivity index (χ4v) is 12.6. The summed E-state index contributed by atoms with van der Waals surface area (Å²) in [5.74, 6) is 0.582. The molecule has 0 spiro atoms. The number of anilines is 3. The molecule has 6 N–H and O–H groups in total. The number of H-pyrrole nitrogens is 2. The average Bonchev–Trinajstić information content (AvgIpc) is 1.66. The van der Waals surface area contributed by atoms with Crippen LogP contribution in [0.5, 0.6) is 0 Å². The van der Waals surface area contributed by atoms with Crippen LogP contribution in [-0.2, 0) is 40.7 Å². The van der Waals surface area contributed by atoms with E-state index in [1.165, 1.54) is 133 Å². The van der Waals surface area contributed by atoms with Crippen molar-refractivity contribution in [3.05, 3.63) is 61.8 Å². The number of benzene rings is 2. The van der Waals surface area contributed by atoms with E-state index in [1.54, 1.807) is 11.6 Å². The van der Waals surface area contributed by atoms with Gasteiger partial charge >= 0.3 is 18.1 Å². The molecule has 6 aromatic rings. The molecule has 0 aliphatic rings. The molecule has 0 saturated carbocycles. The van der Waals surface area contributed by atoms with Gasteiger partial charge in [-0.1, -0.05) is 219 Å². The number of rotatable bonds is 35. The molecule has 4 amide bonds. The number of aromatic nitrogens is 8. The van der Waals surface area contributed by atoms with Gasteiger partial charge in [-0.25, -0.2) is 19.6 Å². The predicted octanol–water partition coefficient (Wildman–Crippen LogP) is 17.8. The van der Waals surface area contributed by atoms with E-state index in [0.29, 0.717) is 63.1 Å². The summed E-state index contributed by atoms with van der Waals surface area (Å²) < 4.78 is 26.1. The van der Waals surface area contributed by atoms with Crippen LogP contribution in [0, 0.1) is 19.8 Å². The number of nitrogens with one attached hydrogen (secondary N) is 6. The molecule has 6 rings (SSSR count). The zero-order valence-corrected chi connectivity index (χ0v) is 58.1. The number of ether oxygens (including phenoxy) is 2. The van der Waals surface area contributed by atoms with Crippen LogP contribution in [0.1, 0.15) is 233 Å². The number of halogens is 3. The number of unbranched alkanes of at least 4 members (excludes halogenated alkanes) is 20. The van der Waals surface area contributed by atoms with Gasteiger partial charge in [0.05, 0.1) is 40.2 Å². The second-order valence-corrected chi connectivity index (χ2v) is 28.4. The Bertz CT molecular complexity index is 3230. The number of urea groups is 1. The highest BCUT2D eigenvalue weighted by Gasteiger charge is 2.28. The topological polar surface area (TPSA) is 244 Å². The van der Waals surface area contributed by atoms with Crippen molar-refractivity contribution in [1.82, 2.24) is 44.9 Å². The number of aromatic amines is 2. The number of esters is 1. The van der Waals surface area contributed by atoms with Crippen LogP contribution in [0.4, 0.5) is 26.7 Å². The number of carbonyl (C=O) groups is 4. The molecule has 89 heavy (non-hydrogen) atoms. The molecule has 2 unspecified atom stereocenters. The minimum atomic E-state index is -0.909. The highest BCUT2D eigenvalue weighted by Crippen LogP contribution is 2.39. The zero-order valence-electron chi connectivity index (χ0n) is 55.1. The Morgan fingerprint density at radius 1 is 0.596 bits per heavy atom. The van der Waals surface area contributed by atoms with Crippen LogP contribution < -0.4 is 21.3 Å². The lowest BCUT2D eigenvalue weighted by molar-refractivity contribution is -0.149.